The first-order valence-electron chi connectivity index (χ1n) is 7.33. The van der Waals surface area contributed by atoms with Gasteiger partial charge in [0, 0.05) is 0 Å². The van der Waals surface area contributed by atoms with E-state index in [4.69, 9.17) is 0 Å². The Kier molecular flexibility index (Phi) is 5.20. The molecule has 0 spiro atoms. The van der Waals surface area contributed by atoms with Gasteiger partial charge in [0.2, 0.25) is 0 Å². The Balaban J connectivity index is 1.93. The van der Waals surface area contributed by atoms with Crippen LogP contribution < -0.4 is 0 Å². The van der Waals surface area contributed by atoms with E-state index < -0.39 is 0 Å². The van der Waals surface area contributed by atoms with Crippen molar-refractivity contribution in [3.8, 4) is 0 Å². The first-order chi connectivity index (χ1) is 9.25. The van der Waals surface area contributed by atoms with Crippen LogP contribution in [-0.2, 0) is 12.8 Å². The van der Waals surface area contributed by atoms with Gasteiger partial charge in [-0.3, -0.25) is 0 Å². The summed E-state index contributed by atoms with van der Waals surface area (Å²) in [6.45, 7) is 4.69. The van der Waals surface area contributed by atoms with Gasteiger partial charge in [-0.15, -0.1) is 0 Å². The van der Waals surface area contributed by atoms with Gasteiger partial charge >= 0.3 is 0 Å². The predicted octanol–water partition coefficient (Wildman–Crippen LogP) is 5.13. The summed E-state index contributed by atoms with van der Waals surface area (Å²) in [5, 5.41) is 0. The highest BCUT2D eigenvalue weighted by atomic mass is 14.2. The van der Waals surface area contributed by atoms with E-state index in [-0.39, 0.29) is 0 Å². The van der Waals surface area contributed by atoms with Gasteiger partial charge in [0.1, 0.15) is 0 Å². The lowest BCUT2D eigenvalue weighted by Crippen LogP contribution is -2.13. The molecule has 0 amide bonds. The minimum absolute atomic E-state index is 0.740. The highest BCUT2D eigenvalue weighted by molar-refractivity contribution is 5.17. The van der Waals surface area contributed by atoms with Crippen molar-refractivity contribution in [3.63, 3.8) is 0 Å². The Bertz CT molecular complexity index is 456. The summed E-state index contributed by atoms with van der Waals surface area (Å²) in [5.41, 5.74) is 2.93. The van der Waals surface area contributed by atoms with E-state index in [1.165, 1.54) is 30.4 Å². The van der Waals surface area contributed by atoms with Crippen molar-refractivity contribution in [2.75, 3.05) is 0 Å². The zero-order chi connectivity index (χ0) is 13.5. The van der Waals surface area contributed by atoms with Crippen LogP contribution in [0.25, 0.3) is 0 Å². The van der Waals surface area contributed by atoms with Crippen molar-refractivity contribution in [1.29, 1.82) is 0 Å². The third kappa shape index (κ3) is 4.55. The van der Waals surface area contributed by atoms with Crippen molar-refractivity contribution in [3.05, 3.63) is 71.8 Å². The molecule has 0 heteroatoms. The number of hydrogen-bond donors (Lipinski definition) is 0. The van der Waals surface area contributed by atoms with Crippen molar-refractivity contribution in [1.82, 2.24) is 0 Å². The smallest absolute Gasteiger partial charge is 0.0248 e. The van der Waals surface area contributed by atoms with Crippen LogP contribution in [-0.4, -0.2) is 0 Å². The Morgan fingerprint density at radius 3 is 1.79 bits per heavy atom. The summed E-state index contributed by atoms with van der Waals surface area (Å²) in [6, 6.07) is 21.7. The second-order valence-electron chi connectivity index (χ2n) is 5.72. The molecule has 0 saturated heterocycles. The zero-order valence-corrected chi connectivity index (χ0v) is 12.0. The summed E-state index contributed by atoms with van der Waals surface area (Å²) >= 11 is 0. The molecule has 100 valence electrons. The van der Waals surface area contributed by atoms with Crippen molar-refractivity contribution in [2.24, 2.45) is 11.8 Å². The molecule has 0 radical (unpaired) electrons. The fraction of sp³-hybridized carbons (Fsp3) is 0.368. The molecule has 0 fully saturated rings. The lowest BCUT2D eigenvalue weighted by atomic mass is 9.84. The van der Waals surface area contributed by atoms with Gasteiger partial charge < -0.3 is 0 Å². The fourth-order valence-electron chi connectivity index (χ4n) is 2.58. The van der Waals surface area contributed by atoms with Crippen LogP contribution in [0.5, 0.6) is 0 Å². The maximum Gasteiger partial charge on any atom is -0.0248 e. The lowest BCUT2D eigenvalue weighted by Gasteiger charge is -2.21. The summed E-state index contributed by atoms with van der Waals surface area (Å²) < 4.78 is 0. The first kappa shape index (κ1) is 13.9. The normalized spacial score (nSPS) is 12.6. The van der Waals surface area contributed by atoms with Crippen molar-refractivity contribution in [2.45, 2.75) is 33.1 Å². The molecule has 0 bridgehead atoms. The molecule has 2 aromatic rings. The average Bonchev–Trinajstić information content (AvgIpc) is 2.45. The van der Waals surface area contributed by atoms with E-state index >= 15 is 0 Å². The highest BCUT2D eigenvalue weighted by Gasteiger charge is 2.14. The van der Waals surface area contributed by atoms with Crippen LogP contribution in [0, 0.1) is 11.8 Å². The molecule has 0 saturated carbocycles. The molecule has 0 nitrogen and oxygen atoms in total. The predicted molar refractivity (Wildman–Crippen MR) is 83.2 cm³/mol. The lowest BCUT2D eigenvalue weighted by molar-refractivity contribution is 0.357. The maximum atomic E-state index is 2.35. The van der Waals surface area contributed by atoms with E-state index in [0.717, 1.165) is 11.8 Å². The van der Waals surface area contributed by atoms with Gasteiger partial charge in [-0.05, 0) is 42.2 Å². The second-order valence-corrected chi connectivity index (χ2v) is 5.72. The third-order valence-electron chi connectivity index (χ3n) is 3.93. The SMILES string of the molecule is CC(C)C(CCc1ccccc1)Cc1ccccc1. The van der Waals surface area contributed by atoms with E-state index in [1.807, 2.05) is 0 Å². The van der Waals surface area contributed by atoms with Crippen molar-refractivity contribution >= 4 is 0 Å². The van der Waals surface area contributed by atoms with Crippen LogP contribution >= 0.6 is 0 Å². The molecule has 0 aliphatic heterocycles. The summed E-state index contributed by atoms with van der Waals surface area (Å²) in [7, 11) is 0. The number of rotatable bonds is 6. The molecule has 0 N–H and O–H groups in total. The van der Waals surface area contributed by atoms with Gasteiger partial charge in [0.25, 0.3) is 0 Å². The third-order valence-corrected chi connectivity index (χ3v) is 3.93. The second kappa shape index (κ2) is 7.13. The quantitative estimate of drug-likeness (QED) is 0.668. The maximum absolute atomic E-state index is 2.35. The molecule has 0 aliphatic carbocycles. The topological polar surface area (TPSA) is 0 Å². The molecule has 0 aromatic heterocycles. The molecular weight excluding hydrogens is 228 g/mol. The van der Waals surface area contributed by atoms with Crippen LogP contribution in [0.1, 0.15) is 31.4 Å². The molecule has 1 atom stereocenters. The average molecular weight is 252 g/mol. The Morgan fingerprint density at radius 1 is 0.737 bits per heavy atom. The molecule has 19 heavy (non-hydrogen) atoms. The zero-order valence-electron chi connectivity index (χ0n) is 12.0. The van der Waals surface area contributed by atoms with Gasteiger partial charge in [-0.1, -0.05) is 74.5 Å². The molecule has 2 rings (SSSR count). The van der Waals surface area contributed by atoms with Crippen LogP contribution in [0.2, 0.25) is 0 Å². The minimum atomic E-state index is 0.740. The molecule has 0 heterocycles. The Hall–Kier alpha value is -1.56. The molecule has 2 aromatic carbocycles. The molecule has 1 unspecified atom stereocenters. The molecular formula is C19H24. The highest BCUT2D eigenvalue weighted by Crippen LogP contribution is 2.22. The largest absolute Gasteiger partial charge is 0.0625 e. The van der Waals surface area contributed by atoms with E-state index in [0.29, 0.717) is 0 Å². The Labute approximate surface area is 117 Å². The molecule has 0 aliphatic rings. The van der Waals surface area contributed by atoms with Gasteiger partial charge in [-0.25, -0.2) is 0 Å². The van der Waals surface area contributed by atoms with Crippen LogP contribution in [0.4, 0.5) is 0 Å². The minimum Gasteiger partial charge on any atom is -0.0625 e. The fourth-order valence-corrected chi connectivity index (χ4v) is 2.58. The van der Waals surface area contributed by atoms with Crippen LogP contribution in [0.3, 0.4) is 0 Å². The van der Waals surface area contributed by atoms with Gasteiger partial charge in [0.15, 0.2) is 0 Å². The number of benzene rings is 2. The first-order valence-corrected chi connectivity index (χ1v) is 7.33. The summed E-state index contributed by atoms with van der Waals surface area (Å²) in [6.07, 6.45) is 3.67. The monoisotopic (exact) mass is 252 g/mol. The van der Waals surface area contributed by atoms with Gasteiger partial charge in [0.05, 0.1) is 0 Å². The van der Waals surface area contributed by atoms with E-state index in [9.17, 15) is 0 Å². The Morgan fingerprint density at radius 2 is 1.26 bits per heavy atom. The standard InChI is InChI=1S/C19H24/c1-16(2)19(15-18-11-7-4-8-12-18)14-13-17-9-5-3-6-10-17/h3-12,16,19H,13-15H2,1-2H3. The van der Waals surface area contributed by atoms with Crippen LogP contribution in [0.15, 0.2) is 60.7 Å². The van der Waals surface area contributed by atoms with Gasteiger partial charge in [-0.2, -0.15) is 0 Å². The van der Waals surface area contributed by atoms with E-state index in [2.05, 4.69) is 74.5 Å². The number of hydrogen-bond acceptors (Lipinski definition) is 0. The van der Waals surface area contributed by atoms with E-state index in [1.54, 1.807) is 0 Å². The number of aryl methyl sites for hydroxylation is 1. The summed E-state index contributed by atoms with van der Waals surface area (Å²) in [4.78, 5) is 0. The van der Waals surface area contributed by atoms with Crippen molar-refractivity contribution < 1.29 is 0 Å². The summed E-state index contributed by atoms with van der Waals surface area (Å²) in [5.74, 6) is 1.51.